The summed E-state index contributed by atoms with van der Waals surface area (Å²) in [6.45, 7) is 19.0. The molecule has 0 aliphatic carbocycles. The van der Waals surface area contributed by atoms with Gasteiger partial charge in [0.1, 0.15) is 0 Å². The number of hydrogen-bond donors (Lipinski definition) is 2. The van der Waals surface area contributed by atoms with Crippen molar-refractivity contribution in [3.63, 3.8) is 0 Å². The lowest BCUT2D eigenvalue weighted by Gasteiger charge is -1.98. The molecule has 2 rings (SSSR count). The zero-order chi connectivity index (χ0) is 24.8. The summed E-state index contributed by atoms with van der Waals surface area (Å²) in [5, 5.41) is 5.33. The van der Waals surface area contributed by atoms with Gasteiger partial charge in [0.25, 0.3) is 0 Å². The Morgan fingerprint density at radius 1 is 0.533 bits per heavy atom. The third-order valence-corrected chi connectivity index (χ3v) is 2.19. The zero-order valence-electron chi connectivity index (χ0n) is 20.3. The topological polar surface area (TPSA) is 58.2 Å². The lowest BCUT2D eigenvalue weighted by molar-refractivity contribution is -0.115. The minimum atomic E-state index is -0.0359. The summed E-state index contributed by atoms with van der Waals surface area (Å²) in [6, 6.07) is 18.7. The number of halogens is 2. The van der Waals surface area contributed by atoms with Crippen molar-refractivity contribution < 1.29 is 9.59 Å². The fourth-order valence-electron chi connectivity index (χ4n) is 1.45. The quantitative estimate of drug-likeness (QED) is 0.321. The number of anilines is 2. The number of nitrogens with one attached hydrogen (secondary N) is 2. The first-order chi connectivity index (χ1) is 14.6. The molecule has 6 heteroatoms. The first kappa shape index (κ1) is 39.3. The molecule has 2 aromatic rings. The van der Waals surface area contributed by atoms with Gasteiger partial charge < -0.3 is 10.6 Å². The van der Waals surface area contributed by atoms with Crippen molar-refractivity contribution in [1.29, 1.82) is 0 Å². The molecular formula is C24H42I2N2O2. The molecule has 0 aliphatic rings. The SMILES string of the molecule is CC.CC.CC.CC.CC(=O)Nc1ccccc1.CC(=O)Nc1ccccc1.II. The summed E-state index contributed by atoms with van der Waals surface area (Å²) in [5.41, 5.74) is 1.69. The fourth-order valence-corrected chi connectivity index (χ4v) is 1.45. The Hall–Kier alpha value is -1.16. The molecule has 0 aliphatic heterocycles. The minimum Gasteiger partial charge on any atom is -0.326 e. The number of hydrogen-bond acceptors (Lipinski definition) is 2. The highest BCUT2D eigenvalue weighted by atomic mass is 128. The number of rotatable bonds is 2. The van der Waals surface area contributed by atoms with E-state index < -0.39 is 0 Å². The zero-order valence-corrected chi connectivity index (χ0v) is 24.7. The van der Waals surface area contributed by atoms with E-state index in [2.05, 4.69) is 47.9 Å². The maximum atomic E-state index is 10.5. The minimum absolute atomic E-state index is 0.0359. The molecule has 0 saturated carbocycles. The highest BCUT2D eigenvalue weighted by Gasteiger charge is 1.90. The van der Waals surface area contributed by atoms with Gasteiger partial charge in [0.15, 0.2) is 0 Å². The van der Waals surface area contributed by atoms with Crippen LogP contribution in [0, 0.1) is 0 Å². The van der Waals surface area contributed by atoms with Crippen LogP contribution in [0.15, 0.2) is 60.7 Å². The van der Waals surface area contributed by atoms with Crippen LogP contribution in [-0.2, 0) is 9.59 Å². The van der Waals surface area contributed by atoms with Crippen molar-refractivity contribution in [2.75, 3.05) is 10.6 Å². The molecule has 30 heavy (non-hydrogen) atoms. The van der Waals surface area contributed by atoms with E-state index in [0.717, 1.165) is 11.4 Å². The summed E-state index contributed by atoms with van der Waals surface area (Å²) in [4.78, 5) is 21.0. The average molecular weight is 644 g/mol. The van der Waals surface area contributed by atoms with E-state index in [4.69, 9.17) is 0 Å². The van der Waals surface area contributed by atoms with Crippen LogP contribution in [0.25, 0.3) is 0 Å². The lowest BCUT2D eigenvalue weighted by atomic mass is 10.3. The third kappa shape index (κ3) is 34.4. The molecule has 0 spiro atoms. The summed E-state index contributed by atoms with van der Waals surface area (Å²) in [5.74, 6) is -0.0719. The molecule has 0 heterocycles. The first-order valence-electron chi connectivity index (χ1n) is 10.4. The van der Waals surface area contributed by atoms with E-state index in [0.29, 0.717) is 0 Å². The molecule has 174 valence electrons. The Balaban J connectivity index is -0.0000000982. The van der Waals surface area contributed by atoms with Gasteiger partial charge in [-0.2, -0.15) is 0 Å². The largest absolute Gasteiger partial charge is 0.326 e. The van der Waals surface area contributed by atoms with Crippen molar-refractivity contribution >= 4 is 60.4 Å². The molecule has 0 aromatic heterocycles. The maximum Gasteiger partial charge on any atom is 0.221 e. The van der Waals surface area contributed by atoms with Crippen molar-refractivity contribution in [1.82, 2.24) is 0 Å². The molecule has 2 aromatic carbocycles. The standard InChI is InChI=1S/2C8H9NO.4C2H6.I2/c2*1-7(10)9-8-5-3-2-4-6-8;5*1-2/h2*2-6H,1H3,(H,9,10);4*1-2H3;. The molecule has 4 nitrogen and oxygen atoms in total. The van der Waals surface area contributed by atoms with E-state index in [-0.39, 0.29) is 11.8 Å². The van der Waals surface area contributed by atoms with Gasteiger partial charge in [-0.3, -0.25) is 9.59 Å². The van der Waals surface area contributed by atoms with E-state index in [1.54, 1.807) is 0 Å². The molecule has 2 N–H and O–H groups in total. The Labute approximate surface area is 209 Å². The van der Waals surface area contributed by atoms with Crippen molar-refractivity contribution in [2.24, 2.45) is 0 Å². The number of para-hydroxylation sites is 2. The number of carbonyl (C=O) groups is 2. The molecule has 2 amide bonds. The van der Waals surface area contributed by atoms with Crippen molar-refractivity contribution in [2.45, 2.75) is 69.2 Å². The van der Waals surface area contributed by atoms with Crippen LogP contribution in [-0.4, -0.2) is 11.8 Å². The van der Waals surface area contributed by atoms with Gasteiger partial charge in [0.05, 0.1) is 0 Å². The predicted octanol–water partition coefficient (Wildman–Crippen LogP) is 9.17. The predicted molar refractivity (Wildman–Crippen MR) is 155 cm³/mol. The van der Waals surface area contributed by atoms with Gasteiger partial charge in [-0.15, -0.1) is 0 Å². The van der Waals surface area contributed by atoms with Crippen LogP contribution in [0.1, 0.15) is 69.2 Å². The van der Waals surface area contributed by atoms with Gasteiger partial charge in [-0.1, -0.05) is 91.8 Å². The highest BCUT2D eigenvalue weighted by Crippen LogP contribution is 2.04. The summed E-state index contributed by atoms with van der Waals surface area (Å²) >= 11 is 4.24. The molecular weight excluding hydrogens is 602 g/mol. The fraction of sp³-hybridized carbons (Fsp3) is 0.417. The van der Waals surface area contributed by atoms with Gasteiger partial charge in [-0.25, -0.2) is 0 Å². The second kappa shape index (κ2) is 38.4. The highest BCUT2D eigenvalue weighted by molar-refractivity contribution is 15.0. The van der Waals surface area contributed by atoms with Gasteiger partial charge in [0.2, 0.25) is 11.8 Å². The van der Waals surface area contributed by atoms with Crippen LogP contribution in [0.4, 0.5) is 11.4 Å². The average Bonchev–Trinajstić information content (AvgIpc) is 2.81. The Bertz CT molecular complexity index is 500. The molecule has 0 saturated heterocycles. The normalized spacial score (nSPS) is 6.93. The Morgan fingerprint density at radius 3 is 0.900 bits per heavy atom. The van der Waals surface area contributed by atoms with Gasteiger partial charge in [0, 0.05) is 62.5 Å². The number of amides is 2. The van der Waals surface area contributed by atoms with Gasteiger partial charge >= 0.3 is 0 Å². The van der Waals surface area contributed by atoms with Crippen molar-refractivity contribution in [3.05, 3.63) is 60.7 Å². The number of carbonyl (C=O) groups excluding carboxylic acids is 2. The molecule has 0 atom stereocenters. The second-order valence-electron chi connectivity index (χ2n) is 4.09. The van der Waals surface area contributed by atoms with E-state index >= 15 is 0 Å². The molecule has 0 bridgehead atoms. The molecule has 0 fully saturated rings. The number of benzene rings is 2. The summed E-state index contributed by atoms with van der Waals surface area (Å²) in [6.07, 6.45) is 0. The maximum absolute atomic E-state index is 10.5. The summed E-state index contributed by atoms with van der Waals surface area (Å²) < 4.78 is 0. The van der Waals surface area contributed by atoms with E-state index in [1.807, 2.05) is 116 Å². The van der Waals surface area contributed by atoms with Gasteiger partial charge in [-0.05, 0) is 24.3 Å². The smallest absolute Gasteiger partial charge is 0.221 e. The van der Waals surface area contributed by atoms with Crippen LogP contribution < -0.4 is 10.6 Å². The Morgan fingerprint density at radius 2 is 0.733 bits per heavy atom. The third-order valence-electron chi connectivity index (χ3n) is 2.19. The molecule has 0 unspecified atom stereocenters. The van der Waals surface area contributed by atoms with Crippen molar-refractivity contribution in [3.8, 4) is 0 Å². The van der Waals surface area contributed by atoms with Crippen LogP contribution in [0.3, 0.4) is 0 Å². The van der Waals surface area contributed by atoms with Crippen LogP contribution >= 0.6 is 37.2 Å². The second-order valence-corrected chi connectivity index (χ2v) is 4.09. The lowest BCUT2D eigenvalue weighted by Crippen LogP contribution is -2.04. The summed E-state index contributed by atoms with van der Waals surface area (Å²) in [7, 11) is 0. The monoisotopic (exact) mass is 644 g/mol. The van der Waals surface area contributed by atoms with E-state index in [9.17, 15) is 9.59 Å². The molecule has 0 radical (unpaired) electrons. The van der Waals surface area contributed by atoms with E-state index in [1.165, 1.54) is 13.8 Å². The van der Waals surface area contributed by atoms with Crippen LogP contribution in [0.2, 0.25) is 0 Å². The Kier molecular flexibility index (Phi) is 50.4. The van der Waals surface area contributed by atoms with Crippen LogP contribution in [0.5, 0.6) is 0 Å². The first-order valence-corrected chi connectivity index (χ1v) is 16.7.